The molecule has 1 N–H and O–H groups in total. The third-order valence-electron chi connectivity index (χ3n) is 4.98. The van der Waals surface area contributed by atoms with Gasteiger partial charge in [0.15, 0.2) is 0 Å². The lowest BCUT2D eigenvalue weighted by molar-refractivity contribution is 0.118. The van der Waals surface area contributed by atoms with Crippen LogP contribution in [0.15, 0.2) is 0 Å². The largest absolute Gasteiger partial charge is 0.313 e. The Bertz CT molecular complexity index is 273. The first-order chi connectivity index (χ1) is 11.6. The average molecular weight is 357 g/mol. The Morgan fingerprint density at radius 1 is 0.520 bits per heavy atom. The molecule has 0 heterocycles. The van der Waals surface area contributed by atoms with Gasteiger partial charge in [-0.3, -0.25) is 14.7 Å². The summed E-state index contributed by atoms with van der Waals surface area (Å²) >= 11 is 0. The van der Waals surface area contributed by atoms with Crippen LogP contribution < -0.4 is 5.32 Å². The highest BCUT2D eigenvalue weighted by Crippen LogP contribution is 2.07. The Kier molecular flexibility index (Phi) is 13.0. The first-order valence-electron chi connectivity index (χ1n) is 10.5. The molecule has 4 heteroatoms. The fraction of sp³-hybridized carbons (Fsp3) is 1.00. The Labute approximate surface area is 159 Å². The third kappa shape index (κ3) is 11.2. The van der Waals surface area contributed by atoms with Crippen molar-refractivity contribution >= 4 is 0 Å². The molecule has 152 valence electrons. The van der Waals surface area contributed by atoms with Crippen LogP contribution in [0.1, 0.15) is 69.2 Å². The molecule has 0 radical (unpaired) electrons. The molecule has 0 aromatic heterocycles. The molecule has 0 fully saturated rings. The average Bonchev–Trinajstić information content (AvgIpc) is 2.44. The molecule has 0 aliphatic heterocycles. The maximum atomic E-state index is 3.57. The lowest BCUT2D eigenvalue weighted by Crippen LogP contribution is -2.47. The predicted octanol–water partition coefficient (Wildman–Crippen LogP) is 3.52. The van der Waals surface area contributed by atoms with E-state index in [4.69, 9.17) is 0 Å². The van der Waals surface area contributed by atoms with Gasteiger partial charge in [0, 0.05) is 69.5 Å². The predicted molar refractivity (Wildman–Crippen MR) is 114 cm³/mol. The van der Waals surface area contributed by atoms with Crippen LogP contribution in [0.5, 0.6) is 0 Å². The zero-order chi connectivity index (χ0) is 19.6. The summed E-state index contributed by atoms with van der Waals surface area (Å²) in [4.78, 5) is 7.85. The first-order valence-corrected chi connectivity index (χ1v) is 10.5. The fourth-order valence-corrected chi connectivity index (χ4v) is 3.59. The summed E-state index contributed by atoms with van der Waals surface area (Å²) in [6.07, 6.45) is 0. The molecular weight excluding hydrogens is 308 g/mol. The van der Waals surface area contributed by atoms with Crippen LogP contribution in [0.25, 0.3) is 0 Å². The molecule has 0 saturated heterocycles. The van der Waals surface area contributed by atoms with Crippen LogP contribution in [0, 0.1) is 0 Å². The summed E-state index contributed by atoms with van der Waals surface area (Å²) in [6, 6.07) is 3.00. The van der Waals surface area contributed by atoms with Crippen molar-refractivity contribution in [3.05, 3.63) is 0 Å². The third-order valence-corrected chi connectivity index (χ3v) is 4.98. The molecule has 0 atom stereocenters. The molecule has 0 aromatic rings. The van der Waals surface area contributed by atoms with Crippen LogP contribution in [0.4, 0.5) is 0 Å². The molecule has 25 heavy (non-hydrogen) atoms. The number of hydrogen-bond acceptors (Lipinski definition) is 4. The maximum Gasteiger partial charge on any atom is 0.0115 e. The summed E-state index contributed by atoms with van der Waals surface area (Å²) in [5, 5.41) is 3.57. The van der Waals surface area contributed by atoms with Crippen molar-refractivity contribution < 1.29 is 0 Å². The molecule has 4 nitrogen and oxygen atoms in total. The van der Waals surface area contributed by atoms with Crippen LogP contribution in [-0.4, -0.2) is 84.2 Å². The molecule has 0 saturated carbocycles. The number of nitrogens with zero attached hydrogens (tertiary/aromatic N) is 3. The van der Waals surface area contributed by atoms with Crippen molar-refractivity contribution in [3.8, 4) is 0 Å². The molecule has 0 aliphatic carbocycles. The van der Waals surface area contributed by atoms with Crippen molar-refractivity contribution in [3.63, 3.8) is 0 Å². The molecule has 0 rings (SSSR count). The molecule has 0 spiro atoms. The number of nitrogens with one attached hydrogen (secondary N) is 1. The quantitative estimate of drug-likeness (QED) is 0.514. The Morgan fingerprint density at radius 3 is 1.16 bits per heavy atom. The normalized spacial score (nSPS) is 13.2. The second-order valence-electron chi connectivity index (χ2n) is 8.80. The van der Waals surface area contributed by atoms with E-state index in [0.717, 1.165) is 39.3 Å². The monoisotopic (exact) mass is 356 g/mol. The zero-order valence-electron chi connectivity index (χ0n) is 19.0. The van der Waals surface area contributed by atoms with Crippen LogP contribution in [0.2, 0.25) is 0 Å². The zero-order valence-corrected chi connectivity index (χ0v) is 19.0. The van der Waals surface area contributed by atoms with E-state index >= 15 is 0 Å². The van der Waals surface area contributed by atoms with Gasteiger partial charge in [-0.2, -0.15) is 0 Å². The van der Waals surface area contributed by atoms with Crippen molar-refractivity contribution in [2.45, 2.75) is 99.4 Å². The van der Waals surface area contributed by atoms with E-state index in [1.807, 2.05) is 0 Å². The standard InChI is InChI=1S/C21H48N4/c1-17(2)22-11-12-23(13-15-24(18(3)4)19(5)6)14-16-25(20(7)8)21(9)10/h17-22H,11-16H2,1-10H3. The Morgan fingerprint density at radius 2 is 0.880 bits per heavy atom. The minimum atomic E-state index is 0.563. The van der Waals surface area contributed by atoms with E-state index < -0.39 is 0 Å². The fourth-order valence-electron chi connectivity index (χ4n) is 3.59. The summed E-state index contributed by atoms with van der Waals surface area (Å²) < 4.78 is 0. The lowest BCUT2D eigenvalue weighted by Gasteiger charge is -2.35. The van der Waals surface area contributed by atoms with Gasteiger partial charge in [0.1, 0.15) is 0 Å². The number of rotatable bonds is 14. The molecule has 0 unspecified atom stereocenters. The van der Waals surface area contributed by atoms with Gasteiger partial charge in [0.25, 0.3) is 0 Å². The summed E-state index contributed by atoms with van der Waals surface area (Å²) in [7, 11) is 0. The van der Waals surface area contributed by atoms with Crippen molar-refractivity contribution in [2.75, 3.05) is 39.3 Å². The van der Waals surface area contributed by atoms with Gasteiger partial charge in [-0.1, -0.05) is 13.8 Å². The second-order valence-corrected chi connectivity index (χ2v) is 8.80. The van der Waals surface area contributed by atoms with E-state index in [-0.39, 0.29) is 0 Å². The second kappa shape index (κ2) is 13.1. The van der Waals surface area contributed by atoms with Crippen LogP contribution in [-0.2, 0) is 0 Å². The van der Waals surface area contributed by atoms with E-state index in [2.05, 4.69) is 89.3 Å². The van der Waals surface area contributed by atoms with E-state index in [1.165, 1.54) is 0 Å². The van der Waals surface area contributed by atoms with Gasteiger partial charge in [0.05, 0.1) is 0 Å². The summed E-state index contributed by atoms with van der Waals surface area (Å²) in [6.45, 7) is 29.7. The van der Waals surface area contributed by atoms with Gasteiger partial charge in [-0.05, 0) is 55.4 Å². The minimum absolute atomic E-state index is 0.563. The van der Waals surface area contributed by atoms with Gasteiger partial charge < -0.3 is 5.32 Å². The molecule has 0 aromatic carbocycles. The highest BCUT2D eigenvalue weighted by atomic mass is 15.3. The molecule has 0 bridgehead atoms. The van der Waals surface area contributed by atoms with Crippen molar-refractivity contribution in [2.24, 2.45) is 0 Å². The molecule has 0 aliphatic rings. The van der Waals surface area contributed by atoms with Gasteiger partial charge in [0.2, 0.25) is 0 Å². The summed E-state index contributed by atoms with van der Waals surface area (Å²) in [5.74, 6) is 0. The minimum Gasteiger partial charge on any atom is -0.313 e. The maximum absolute atomic E-state index is 3.57. The van der Waals surface area contributed by atoms with Crippen molar-refractivity contribution in [1.82, 2.24) is 20.0 Å². The van der Waals surface area contributed by atoms with E-state index in [0.29, 0.717) is 30.2 Å². The van der Waals surface area contributed by atoms with E-state index in [9.17, 15) is 0 Å². The highest BCUT2D eigenvalue weighted by Gasteiger charge is 2.17. The highest BCUT2D eigenvalue weighted by molar-refractivity contribution is 4.74. The summed E-state index contributed by atoms with van der Waals surface area (Å²) in [5.41, 5.74) is 0. The SMILES string of the molecule is CC(C)NCCN(CCN(C(C)C)C(C)C)CCN(C(C)C)C(C)C. The Balaban J connectivity index is 4.68. The van der Waals surface area contributed by atoms with Gasteiger partial charge in [-0.25, -0.2) is 0 Å². The van der Waals surface area contributed by atoms with Crippen molar-refractivity contribution in [1.29, 1.82) is 0 Å². The topological polar surface area (TPSA) is 21.8 Å². The van der Waals surface area contributed by atoms with Gasteiger partial charge in [-0.15, -0.1) is 0 Å². The Hall–Kier alpha value is -0.160. The smallest absolute Gasteiger partial charge is 0.0115 e. The first kappa shape index (κ1) is 24.8. The lowest BCUT2D eigenvalue weighted by atomic mass is 10.2. The van der Waals surface area contributed by atoms with Crippen LogP contribution >= 0.6 is 0 Å². The van der Waals surface area contributed by atoms with Crippen LogP contribution in [0.3, 0.4) is 0 Å². The molecular formula is C21H48N4. The molecule has 0 amide bonds. The van der Waals surface area contributed by atoms with E-state index in [1.54, 1.807) is 0 Å². The van der Waals surface area contributed by atoms with Gasteiger partial charge >= 0.3 is 0 Å². The number of hydrogen-bond donors (Lipinski definition) is 1.